The van der Waals surface area contributed by atoms with Crippen LogP contribution >= 0.6 is 10.3 Å². The van der Waals surface area contributed by atoms with E-state index in [1.807, 2.05) is 0 Å². The van der Waals surface area contributed by atoms with Crippen molar-refractivity contribution in [1.29, 1.82) is 0 Å². The van der Waals surface area contributed by atoms with Crippen LogP contribution in [0.25, 0.3) is 0 Å². The van der Waals surface area contributed by atoms with Gasteiger partial charge in [0.15, 0.2) is 11.2 Å². The third-order valence-corrected chi connectivity index (χ3v) is 5.21. The number of ketones is 1. The van der Waals surface area contributed by atoms with Crippen molar-refractivity contribution >= 4 is 21.2 Å². The zero-order valence-corrected chi connectivity index (χ0v) is 7.68. The summed E-state index contributed by atoms with van der Waals surface area (Å²) in [5.41, 5.74) is -1.87. The van der Waals surface area contributed by atoms with Crippen molar-refractivity contribution < 1.29 is 18.9 Å². The van der Waals surface area contributed by atoms with Crippen molar-refractivity contribution in [1.82, 2.24) is 0 Å². The lowest BCUT2D eigenvalue weighted by Gasteiger charge is -2.16. The number of rotatable bonds is 0. The van der Waals surface area contributed by atoms with E-state index in [-0.39, 0.29) is 16.7 Å². The Hall–Kier alpha value is -0.390. The molecular weight excluding hydrogens is 180 g/mol. The van der Waals surface area contributed by atoms with E-state index in [0.29, 0.717) is 0 Å². The minimum atomic E-state index is -2.04. The molecule has 68 valence electrons. The van der Waals surface area contributed by atoms with Gasteiger partial charge >= 0.3 is 0 Å². The number of hydrogen-bond donors (Lipinski definition) is 1. The summed E-state index contributed by atoms with van der Waals surface area (Å²) in [5.74, 6) is 0.0300. The molecule has 12 heavy (non-hydrogen) atoms. The van der Waals surface area contributed by atoms with Gasteiger partial charge in [0.25, 0.3) is 0 Å². The second kappa shape index (κ2) is 1.92. The molecule has 0 radical (unpaired) electrons. The summed E-state index contributed by atoms with van der Waals surface area (Å²) in [6.07, 6.45) is 0. The van der Waals surface area contributed by atoms with Crippen LogP contribution in [0.1, 0.15) is 13.8 Å². The first-order chi connectivity index (χ1) is 5.40. The topological polar surface area (TPSA) is 63.6 Å². The molecule has 2 aliphatic heterocycles. The van der Waals surface area contributed by atoms with Crippen molar-refractivity contribution in [2.45, 2.75) is 24.9 Å². The van der Waals surface area contributed by atoms with Crippen LogP contribution in [0.4, 0.5) is 0 Å². The predicted octanol–water partition coefficient (Wildman–Crippen LogP) is -0.0575. The number of aliphatic hydroxyl groups is 1. The van der Waals surface area contributed by atoms with Gasteiger partial charge in [0.2, 0.25) is 5.12 Å². The Kier molecular flexibility index (Phi) is 1.31. The highest BCUT2D eigenvalue weighted by Crippen LogP contribution is 2.74. The first kappa shape index (κ1) is 8.22. The Morgan fingerprint density at radius 3 is 2.25 bits per heavy atom. The molecule has 0 saturated carbocycles. The zero-order valence-electron chi connectivity index (χ0n) is 6.86. The molecule has 4 nitrogen and oxygen atoms in total. The van der Waals surface area contributed by atoms with Crippen molar-refractivity contribution in [3.8, 4) is 0 Å². The van der Waals surface area contributed by atoms with E-state index < -0.39 is 21.3 Å². The molecule has 2 atom stereocenters. The fourth-order valence-corrected chi connectivity index (χ4v) is 4.21. The van der Waals surface area contributed by atoms with E-state index in [0.717, 1.165) is 0 Å². The van der Waals surface area contributed by atoms with Crippen molar-refractivity contribution in [3.63, 3.8) is 0 Å². The second-order valence-electron chi connectivity index (χ2n) is 3.56. The van der Waals surface area contributed by atoms with Gasteiger partial charge in [0.05, 0.1) is 5.75 Å². The van der Waals surface area contributed by atoms with Crippen LogP contribution in [-0.4, -0.2) is 32.8 Å². The fourth-order valence-electron chi connectivity index (χ4n) is 1.30. The monoisotopic (exact) mass is 190 g/mol. The summed E-state index contributed by atoms with van der Waals surface area (Å²) < 4.78 is 5.32. The van der Waals surface area contributed by atoms with Gasteiger partial charge in [-0.15, -0.1) is 0 Å². The lowest BCUT2D eigenvalue weighted by molar-refractivity contribution is -0.126. The van der Waals surface area contributed by atoms with Crippen LogP contribution in [0, 0.1) is 0 Å². The molecule has 0 amide bonds. The lowest BCUT2D eigenvalue weighted by atomic mass is 10.1. The minimum Gasteiger partial charge on any atom is -0.373 e. The maximum absolute atomic E-state index is 11.3. The molecule has 0 aromatic carbocycles. The van der Waals surface area contributed by atoms with Gasteiger partial charge < -0.3 is 9.29 Å². The molecule has 5 heteroatoms. The zero-order chi connectivity index (χ0) is 9.15. The van der Waals surface area contributed by atoms with Gasteiger partial charge in [-0.3, -0.25) is 9.59 Å². The van der Waals surface area contributed by atoms with E-state index in [1.165, 1.54) is 0 Å². The Morgan fingerprint density at radius 2 is 2.08 bits per heavy atom. The molecule has 0 aliphatic carbocycles. The number of carbonyl (C=O) groups is 2. The van der Waals surface area contributed by atoms with Crippen LogP contribution in [-0.2, 0) is 13.8 Å². The molecule has 0 aromatic heterocycles. The van der Waals surface area contributed by atoms with Crippen LogP contribution in [0.3, 0.4) is 0 Å². The predicted molar refractivity (Wildman–Crippen MR) is 43.6 cm³/mol. The highest BCUT2D eigenvalue weighted by Gasteiger charge is 2.69. The Morgan fingerprint density at radius 1 is 1.58 bits per heavy atom. The highest BCUT2D eigenvalue weighted by atomic mass is 32.3. The average Bonchev–Trinajstić information content (AvgIpc) is 2.37. The number of hydrogen-bond acceptors (Lipinski definition) is 4. The first-order valence-electron chi connectivity index (χ1n) is 3.66. The SMILES string of the molecule is CC1(C)OS2(CC1=O)C(=O)C2O. The van der Waals surface area contributed by atoms with Crippen molar-refractivity contribution in [2.75, 3.05) is 5.75 Å². The Labute approximate surface area is 71.4 Å². The molecule has 2 unspecified atom stereocenters. The standard InChI is InChI=1S/C7H10O4S/c1-7(2)4(8)3-12(11-7)5(9)6(12)10/h5,9H,3H2,1-2H3. The summed E-state index contributed by atoms with van der Waals surface area (Å²) >= 11 is 0. The van der Waals surface area contributed by atoms with Crippen LogP contribution in [0.2, 0.25) is 0 Å². The number of carbonyl (C=O) groups excluding carboxylic acids is 2. The van der Waals surface area contributed by atoms with E-state index in [2.05, 4.69) is 0 Å². The average molecular weight is 190 g/mol. The molecule has 2 saturated heterocycles. The number of aliphatic hydroxyl groups excluding tert-OH is 1. The van der Waals surface area contributed by atoms with Gasteiger partial charge in [-0.05, 0) is 24.2 Å². The smallest absolute Gasteiger partial charge is 0.237 e. The molecule has 2 rings (SSSR count). The quantitative estimate of drug-likeness (QED) is 0.544. The third-order valence-electron chi connectivity index (χ3n) is 2.22. The molecule has 2 heterocycles. The molecule has 1 N–H and O–H groups in total. The largest absolute Gasteiger partial charge is 0.373 e. The maximum atomic E-state index is 11.3. The summed E-state index contributed by atoms with van der Waals surface area (Å²) in [5, 5.41) is 8.87. The van der Waals surface area contributed by atoms with Crippen molar-refractivity contribution in [2.24, 2.45) is 0 Å². The van der Waals surface area contributed by atoms with E-state index in [4.69, 9.17) is 9.29 Å². The lowest BCUT2D eigenvalue weighted by Crippen LogP contribution is -2.27. The summed E-state index contributed by atoms with van der Waals surface area (Å²) in [7, 11) is -2.04. The molecule has 0 aromatic rings. The van der Waals surface area contributed by atoms with E-state index in [9.17, 15) is 9.59 Å². The summed E-state index contributed by atoms with van der Waals surface area (Å²) in [6.45, 7) is 3.27. The van der Waals surface area contributed by atoms with Gasteiger partial charge in [-0.2, -0.15) is 0 Å². The van der Waals surface area contributed by atoms with Gasteiger partial charge in [-0.1, -0.05) is 0 Å². The molecule has 1 spiro atoms. The van der Waals surface area contributed by atoms with E-state index >= 15 is 0 Å². The van der Waals surface area contributed by atoms with Crippen LogP contribution < -0.4 is 0 Å². The first-order valence-corrected chi connectivity index (χ1v) is 5.45. The minimum absolute atomic E-state index is 0.0811. The third kappa shape index (κ3) is 0.760. The highest BCUT2D eigenvalue weighted by molar-refractivity contribution is 8.52. The van der Waals surface area contributed by atoms with Crippen molar-refractivity contribution in [3.05, 3.63) is 0 Å². The summed E-state index contributed by atoms with van der Waals surface area (Å²) in [6, 6.07) is 0. The van der Waals surface area contributed by atoms with Gasteiger partial charge in [0.1, 0.15) is 5.60 Å². The molecule has 0 bridgehead atoms. The van der Waals surface area contributed by atoms with Crippen LogP contribution in [0.15, 0.2) is 0 Å². The van der Waals surface area contributed by atoms with Crippen LogP contribution in [0.5, 0.6) is 0 Å². The van der Waals surface area contributed by atoms with E-state index in [1.54, 1.807) is 13.8 Å². The maximum Gasteiger partial charge on any atom is 0.237 e. The number of Topliss-reactive ketones (excluding diaryl/α,β-unsaturated/α-hetero) is 1. The summed E-state index contributed by atoms with van der Waals surface area (Å²) in [4.78, 5) is 22.3. The van der Waals surface area contributed by atoms with Gasteiger partial charge in [0, 0.05) is 0 Å². The Bertz CT molecular complexity index is 285. The molecule has 2 fully saturated rings. The fraction of sp³-hybridized carbons (Fsp3) is 0.714. The molecule has 2 aliphatic rings. The Balaban J connectivity index is 2.29. The van der Waals surface area contributed by atoms with Gasteiger partial charge in [-0.25, -0.2) is 0 Å². The normalized spacial score (nSPS) is 49.4. The second-order valence-corrected chi connectivity index (χ2v) is 6.32. The molecular formula is C7H10O4S.